The monoisotopic (exact) mass is 424 g/mol. The molecule has 3 heterocycles. The number of aryl methyl sites for hydroxylation is 1. The number of carbonyl (C=O) groups excluding carboxylic acids is 2. The molecule has 0 saturated carbocycles. The molecule has 8 heteroatoms. The number of carbonyl (C=O) groups is 2. The van der Waals surface area contributed by atoms with Crippen molar-refractivity contribution in [2.24, 2.45) is 0 Å². The zero-order chi connectivity index (χ0) is 21.1. The second-order valence-corrected chi connectivity index (χ2v) is 7.51. The smallest absolute Gasteiger partial charge is 0.291 e. The first-order chi connectivity index (χ1) is 14.5. The van der Waals surface area contributed by atoms with Crippen LogP contribution in [0.2, 0.25) is 5.02 Å². The van der Waals surface area contributed by atoms with Gasteiger partial charge in [0.25, 0.3) is 11.8 Å². The number of piperazine rings is 1. The highest BCUT2D eigenvalue weighted by Gasteiger charge is 2.23. The number of aromatic nitrogens is 1. The highest BCUT2D eigenvalue weighted by Crippen LogP contribution is 2.21. The van der Waals surface area contributed by atoms with Gasteiger partial charge in [0.2, 0.25) is 0 Å². The Kier molecular flexibility index (Phi) is 5.72. The molecule has 0 spiro atoms. The van der Waals surface area contributed by atoms with Crippen molar-refractivity contribution in [2.75, 3.05) is 36.4 Å². The minimum atomic E-state index is -0.350. The van der Waals surface area contributed by atoms with Crippen LogP contribution >= 0.6 is 11.6 Å². The van der Waals surface area contributed by atoms with Crippen molar-refractivity contribution in [1.82, 2.24) is 9.88 Å². The van der Waals surface area contributed by atoms with Crippen LogP contribution < -0.4 is 10.2 Å². The molecule has 1 N–H and O–H groups in total. The van der Waals surface area contributed by atoms with Gasteiger partial charge in [-0.1, -0.05) is 17.7 Å². The van der Waals surface area contributed by atoms with E-state index in [1.165, 1.54) is 6.26 Å². The Hall–Kier alpha value is -3.32. The summed E-state index contributed by atoms with van der Waals surface area (Å²) in [6.07, 6.45) is 3.07. The molecule has 1 aromatic carbocycles. The van der Waals surface area contributed by atoms with Gasteiger partial charge in [-0.3, -0.25) is 9.59 Å². The number of nitrogens with one attached hydrogen (secondary N) is 1. The SMILES string of the molecule is Cc1ccc(C(=O)N2CCN(c3ccc(Cl)cn3)CC2)cc1NC(=O)c1ccco1. The van der Waals surface area contributed by atoms with Gasteiger partial charge >= 0.3 is 0 Å². The molecule has 1 aliphatic heterocycles. The minimum Gasteiger partial charge on any atom is -0.459 e. The van der Waals surface area contributed by atoms with Crippen LogP contribution in [-0.2, 0) is 0 Å². The van der Waals surface area contributed by atoms with E-state index in [9.17, 15) is 9.59 Å². The number of hydrogen-bond donors (Lipinski definition) is 1. The standard InChI is InChI=1S/C22H21ClN4O3/c1-15-4-5-16(13-18(15)25-21(28)19-3-2-12-30-19)22(29)27-10-8-26(9-11-27)20-7-6-17(23)14-24-20/h2-7,12-14H,8-11H2,1H3,(H,25,28). The third kappa shape index (κ3) is 4.31. The summed E-state index contributed by atoms with van der Waals surface area (Å²) in [5.41, 5.74) is 1.99. The minimum absolute atomic E-state index is 0.0628. The first kappa shape index (κ1) is 20.0. The van der Waals surface area contributed by atoms with E-state index in [2.05, 4.69) is 15.2 Å². The fourth-order valence-corrected chi connectivity index (χ4v) is 3.47. The molecule has 1 fully saturated rings. The lowest BCUT2D eigenvalue weighted by Crippen LogP contribution is -2.49. The summed E-state index contributed by atoms with van der Waals surface area (Å²) in [6.45, 7) is 4.43. The molecule has 0 unspecified atom stereocenters. The lowest BCUT2D eigenvalue weighted by Gasteiger charge is -2.35. The molecule has 2 amide bonds. The van der Waals surface area contributed by atoms with Gasteiger partial charge < -0.3 is 19.5 Å². The van der Waals surface area contributed by atoms with E-state index in [-0.39, 0.29) is 17.6 Å². The third-order valence-electron chi connectivity index (χ3n) is 5.08. The summed E-state index contributed by atoms with van der Waals surface area (Å²) in [7, 11) is 0. The summed E-state index contributed by atoms with van der Waals surface area (Å²) in [5, 5.41) is 3.41. The molecular weight excluding hydrogens is 404 g/mol. The first-order valence-electron chi connectivity index (χ1n) is 9.62. The van der Waals surface area contributed by atoms with Gasteiger partial charge in [0.1, 0.15) is 5.82 Å². The van der Waals surface area contributed by atoms with Gasteiger partial charge in [0.05, 0.1) is 11.3 Å². The number of hydrogen-bond acceptors (Lipinski definition) is 5. The van der Waals surface area contributed by atoms with Crippen molar-refractivity contribution in [3.63, 3.8) is 0 Å². The van der Waals surface area contributed by atoms with E-state index in [0.717, 1.165) is 11.4 Å². The highest BCUT2D eigenvalue weighted by molar-refractivity contribution is 6.30. The quantitative estimate of drug-likeness (QED) is 0.688. The van der Waals surface area contributed by atoms with Crippen LogP contribution in [-0.4, -0.2) is 47.9 Å². The van der Waals surface area contributed by atoms with Crippen LogP contribution in [0.4, 0.5) is 11.5 Å². The number of rotatable bonds is 4. The summed E-state index contributed by atoms with van der Waals surface area (Å²) < 4.78 is 5.13. The Balaban J connectivity index is 1.42. The van der Waals surface area contributed by atoms with Crippen LogP contribution in [0.25, 0.3) is 0 Å². The molecule has 2 aromatic heterocycles. The largest absolute Gasteiger partial charge is 0.459 e. The van der Waals surface area contributed by atoms with E-state index < -0.39 is 0 Å². The van der Waals surface area contributed by atoms with Gasteiger partial charge in [-0.25, -0.2) is 4.98 Å². The molecular formula is C22H21ClN4O3. The summed E-state index contributed by atoms with van der Waals surface area (Å²) >= 11 is 5.90. The van der Waals surface area contributed by atoms with Gasteiger partial charge in [-0.15, -0.1) is 0 Å². The Morgan fingerprint density at radius 3 is 2.57 bits per heavy atom. The van der Waals surface area contributed by atoms with E-state index in [1.807, 2.05) is 30.0 Å². The Labute approximate surface area is 179 Å². The zero-order valence-corrected chi connectivity index (χ0v) is 17.2. The van der Waals surface area contributed by atoms with Crippen molar-refractivity contribution in [3.05, 3.63) is 76.8 Å². The lowest BCUT2D eigenvalue weighted by molar-refractivity contribution is 0.0746. The van der Waals surface area contributed by atoms with Crippen molar-refractivity contribution in [2.45, 2.75) is 6.92 Å². The van der Waals surface area contributed by atoms with E-state index in [1.54, 1.807) is 30.5 Å². The predicted octanol–water partition coefficient (Wildman–Crippen LogP) is 3.85. The maximum Gasteiger partial charge on any atom is 0.291 e. The number of furan rings is 1. The van der Waals surface area contributed by atoms with Crippen molar-refractivity contribution >= 4 is 34.9 Å². The zero-order valence-electron chi connectivity index (χ0n) is 16.5. The van der Waals surface area contributed by atoms with Gasteiger partial charge in [0, 0.05) is 43.6 Å². The number of benzene rings is 1. The number of anilines is 2. The predicted molar refractivity (Wildman–Crippen MR) is 115 cm³/mol. The number of amides is 2. The topological polar surface area (TPSA) is 78.7 Å². The van der Waals surface area contributed by atoms with E-state index in [0.29, 0.717) is 42.5 Å². The van der Waals surface area contributed by atoms with E-state index >= 15 is 0 Å². The second kappa shape index (κ2) is 8.59. The molecule has 30 heavy (non-hydrogen) atoms. The normalized spacial score (nSPS) is 13.9. The average Bonchev–Trinajstić information content (AvgIpc) is 3.31. The third-order valence-corrected chi connectivity index (χ3v) is 5.30. The highest BCUT2D eigenvalue weighted by atomic mass is 35.5. The van der Waals surface area contributed by atoms with Crippen LogP contribution in [0.15, 0.2) is 59.3 Å². The van der Waals surface area contributed by atoms with Crippen molar-refractivity contribution in [3.8, 4) is 0 Å². The Morgan fingerprint density at radius 1 is 1.10 bits per heavy atom. The Bertz CT molecular complexity index is 1040. The molecule has 0 bridgehead atoms. The molecule has 4 rings (SSSR count). The van der Waals surface area contributed by atoms with Crippen LogP contribution in [0.5, 0.6) is 0 Å². The van der Waals surface area contributed by atoms with Crippen LogP contribution in [0.1, 0.15) is 26.5 Å². The van der Waals surface area contributed by atoms with Crippen molar-refractivity contribution < 1.29 is 14.0 Å². The summed E-state index contributed by atoms with van der Waals surface area (Å²) in [6, 6.07) is 12.3. The molecule has 7 nitrogen and oxygen atoms in total. The van der Waals surface area contributed by atoms with Gasteiger partial charge in [0.15, 0.2) is 5.76 Å². The maximum atomic E-state index is 13.0. The number of halogens is 1. The molecule has 0 aliphatic carbocycles. The van der Waals surface area contributed by atoms with E-state index in [4.69, 9.17) is 16.0 Å². The summed E-state index contributed by atoms with van der Waals surface area (Å²) in [5.74, 6) is 0.659. The fraction of sp³-hybridized carbons (Fsp3) is 0.227. The van der Waals surface area contributed by atoms with Gasteiger partial charge in [-0.05, 0) is 48.9 Å². The molecule has 0 radical (unpaired) electrons. The molecule has 3 aromatic rings. The molecule has 1 aliphatic rings. The number of pyridine rings is 1. The van der Waals surface area contributed by atoms with Crippen LogP contribution in [0.3, 0.4) is 0 Å². The molecule has 0 atom stereocenters. The lowest BCUT2D eigenvalue weighted by atomic mass is 10.1. The van der Waals surface area contributed by atoms with Crippen molar-refractivity contribution in [1.29, 1.82) is 0 Å². The second-order valence-electron chi connectivity index (χ2n) is 7.07. The van der Waals surface area contributed by atoms with Gasteiger partial charge in [-0.2, -0.15) is 0 Å². The maximum absolute atomic E-state index is 13.0. The molecule has 1 saturated heterocycles. The summed E-state index contributed by atoms with van der Waals surface area (Å²) in [4.78, 5) is 33.6. The first-order valence-corrected chi connectivity index (χ1v) is 10.0. The number of nitrogens with zero attached hydrogens (tertiary/aromatic N) is 3. The Morgan fingerprint density at radius 2 is 1.90 bits per heavy atom. The van der Waals surface area contributed by atoms with Crippen LogP contribution in [0, 0.1) is 6.92 Å². The average molecular weight is 425 g/mol. The molecule has 154 valence electrons. The fourth-order valence-electron chi connectivity index (χ4n) is 3.36.